The molecule has 0 bridgehead atoms. The van der Waals surface area contributed by atoms with Gasteiger partial charge in [-0.25, -0.2) is 0 Å². The Labute approximate surface area is 157 Å². The van der Waals surface area contributed by atoms with Gasteiger partial charge in [-0.2, -0.15) is 5.10 Å². The number of aromatic amines is 1. The van der Waals surface area contributed by atoms with Gasteiger partial charge in [0.15, 0.2) is 0 Å². The minimum atomic E-state index is -0.0483. The number of benzene rings is 1. The molecule has 1 aromatic carbocycles. The highest BCUT2D eigenvalue weighted by molar-refractivity contribution is 6.03. The van der Waals surface area contributed by atoms with E-state index in [9.17, 15) is 4.79 Å². The number of H-pyrrole nitrogens is 1. The van der Waals surface area contributed by atoms with Crippen molar-refractivity contribution >= 4 is 11.4 Å². The van der Waals surface area contributed by atoms with Crippen molar-refractivity contribution in [2.75, 3.05) is 5.01 Å². The number of nitrogens with zero attached hydrogens (tertiary/aromatic N) is 2. The van der Waals surface area contributed by atoms with E-state index in [0.717, 1.165) is 42.1 Å². The van der Waals surface area contributed by atoms with Gasteiger partial charge in [0.2, 0.25) is 0 Å². The van der Waals surface area contributed by atoms with Crippen molar-refractivity contribution in [1.29, 1.82) is 0 Å². The molecule has 5 nitrogen and oxygen atoms in total. The Bertz CT molecular complexity index is 1040. The number of pyridine rings is 1. The maximum absolute atomic E-state index is 12.7. The lowest BCUT2D eigenvalue weighted by Gasteiger charge is -2.21. The number of aromatic nitrogens is 1. The molecule has 0 saturated carbocycles. The number of furan rings is 1. The van der Waals surface area contributed by atoms with Gasteiger partial charge in [-0.05, 0) is 61.6 Å². The smallest absolute Gasteiger partial charge is 0.257 e. The van der Waals surface area contributed by atoms with Gasteiger partial charge in [-0.15, -0.1) is 0 Å². The predicted octanol–water partition coefficient (Wildman–Crippen LogP) is 4.20. The van der Waals surface area contributed by atoms with Gasteiger partial charge in [0, 0.05) is 12.1 Å². The first kappa shape index (κ1) is 16.1. The number of para-hydroxylation sites is 1. The molecular formula is C22H21N3O2. The third-order valence-corrected chi connectivity index (χ3v) is 5.45. The SMILES string of the molecule is O=c1[nH]c2c(cc1C1=NN(c3ccccc3)[C@H](c3ccco3)C1)CCCC2. The van der Waals surface area contributed by atoms with Crippen LogP contribution in [0.4, 0.5) is 5.69 Å². The number of rotatable bonds is 3. The van der Waals surface area contributed by atoms with Crippen molar-refractivity contribution in [3.05, 3.63) is 87.7 Å². The molecule has 136 valence electrons. The summed E-state index contributed by atoms with van der Waals surface area (Å²) >= 11 is 0. The quantitative estimate of drug-likeness (QED) is 0.762. The fourth-order valence-corrected chi connectivity index (χ4v) is 4.08. The average molecular weight is 359 g/mol. The normalized spacial score (nSPS) is 19.0. The van der Waals surface area contributed by atoms with Crippen LogP contribution in [-0.4, -0.2) is 10.7 Å². The van der Waals surface area contributed by atoms with Crippen LogP contribution in [0.5, 0.6) is 0 Å². The van der Waals surface area contributed by atoms with Crippen LogP contribution in [0.25, 0.3) is 0 Å². The minimum absolute atomic E-state index is 0.0393. The Morgan fingerprint density at radius 1 is 1.07 bits per heavy atom. The monoisotopic (exact) mass is 359 g/mol. The van der Waals surface area contributed by atoms with Crippen LogP contribution in [0.2, 0.25) is 0 Å². The molecule has 1 atom stereocenters. The minimum Gasteiger partial charge on any atom is -0.467 e. The highest BCUT2D eigenvalue weighted by atomic mass is 16.3. The van der Waals surface area contributed by atoms with Crippen LogP contribution in [0, 0.1) is 0 Å². The molecule has 1 N–H and O–H groups in total. The molecule has 0 unspecified atom stereocenters. The molecular weight excluding hydrogens is 338 g/mol. The largest absolute Gasteiger partial charge is 0.467 e. The van der Waals surface area contributed by atoms with E-state index in [-0.39, 0.29) is 11.6 Å². The van der Waals surface area contributed by atoms with E-state index in [1.807, 2.05) is 47.5 Å². The zero-order valence-corrected chi connectivity index (χ0v) is 15.0. The zero-order valence-electron chi connectivity index (χ0n) is 15.0. The molecule has 0 radical (unpaired) electrons. The molecule has 2 aromatic heterocycles. The summed E-state index contributed by atoms with van der Waals surface area (Å²) in [5, 5.41) is 6.81. The van der Waals surface area contributed by atoms with Crippen molar-refractivity contribution in [3.63, 3.8) is 0 Å². The summed E-state index contributed by atoms with van der Waals surface area (Å²) in [6.45, 7) is 0. The van der Waals surface area contributed by atoms with E-state index in [0.29, 0.717) is 12.0 Å². The van der Waals surface area contributed by atoms with E-state index in [1.54, 1.807) is 6.26 Å². The van der Waals surface area contributed by atoms with Crippen LogP contribution in [0.15, 0.2) is 69.1 Å². The molecule has 0 saturated heterocycles. The summed E-state index contributed by atoms with van der Waals surface area (Å²) in [4.78, 5) is 15.8. The summed E-state index contributed by atoms with van der Waals surface area (Å²) in [6, 6.07) is 15.9. The van der Waals surface area contributed by atoms with E-state index in [1.165, 1.54) is 12.0 Å². The van der Waals surface area contributed by atoms with Crippen molar-refractivity contribution in [2.45, 2.75) is 38.1 Å². The molecule has 0 fully saturated rings. The van der Waals surface area contributed by atoms with Gasteiger partial charge in [0.25, 0.3) is 5.56 Å². The van der Waals surface area contributed by atoms with Crippen LogP contribution >= 0.6 is 0 Å². The van der Waals surface area contributed by atoms with Gasteiger partial charge < -0.3 is 9.40 Å². The summed E-state index contributed by atoms with van der Waals surface area (Å²) in [6.07, 6.45) is 6.63. The molecule has 5 rings (SSSR count). The number of nitrogens with one attached hydrogen (secondary N) is 1. The van der Waals surface area contributed by atoms with Gasteiger partial charge in [0.1, 0.15) is 11.8 Å². The van der Waals surface area contributed by atoms with Crippen molar-refractivity contribution in [1.82, 2.24) is 4.98 Å². The molecule has 3 heterocycles. The first-order valence-corrected chi connectivity index (χ1v) is 9.50. The van der Waals surface area contributed by atoms with E-state index < -0.39 is 0 Å². The molecule has 1 aliphatic carbocycles. The number of anilines is 1. The summed E-state index contributed by atoms with van der Waals surface area (Å²) in [5.74, 6) is 0.854. The fourth-order valence-electron chi connectivity index (χ4n) is 4.08. The molecule has 0 spiro atoms. The van der Waals surface area contributed by atoms with Crippen molar-refractivity contribution in [2.24, 2.45) is 5.10 Å². The Kier molecular flexibility index (Phi) is 3.93. The lowest BCUT2D eigenvalue weighted by molar-refractivity contribution is 0.465. The summed E-state index contributed by atoms with van der Waals surface area (Å²) < 4.78 is 5.67. The molecule has 3 aromatic rings. The first-order valence-electron chi connectivity index (χ1n) is 9.50. The standard InChI is InChI=1S/C22H21N3O2/c26-22-17(13-15-7-4-5-10-18(15)23-22)19-14-20(21-11-6-12-27-21)25(24-19)16-8-2-1-3-9-16/h1-3,6,8-9,11-13,20H,4-5,7,10,14H2,(H,23,26)/t20-/m0/s1. The van der Waals surface area contributed by atoms with Crippen LogP contribution in [0.1, 0.15) is 47.9 Å². The lowest BCUT2D eigenvalue weighted by Crippen LogP contribution is -2.22. The molecule has 1 aliphatic heterocycles. The highest BCUT2D eigenvalue weighted by Crippen LogP contribution is 2.36. The van der Waals surface area contributed by atoms with Gasteiger partial charge >= 0.3 is 0 Å². The average Bonchev–Trinajstić information content (AvgIpc) is 3.38. The number of hydrogen-bond donors (Lipinski definition) is 1. The predicted molar refractivity (Wildman–Crippen MR) is 105 cm³/mol. The summed E-state index contributed by atoms with van der Waals surface area (Å²) in [7, 11) is 0. The van der Waals surface area contributed by atoms with Gasteiger partial charge in [-0.3, -0.25) is 9.80 Å². The number of hydrazone groups is 1. The Hall–Kier alpha value is -3.08. The maximum Gasteiger partial charge on any atom is 0.257 e. The van der Waals surface area contributed by atoms with E-state index >= 15 is 0 Å². The van der Waals surface area contributed by atoms with E-state index in [2.05, 4.69) is 11.1 Å². The Balaban J connectivity index is 1.58. The summed E-state index contributed by atoms with van der Waals surface area (Å²) in [5.41, 5.74) is 4.80. The Morgan fingerprint density at radius 2 is 1.93 bits per heavy atom. The number of hydrogen-bond acceptors (Lipinski definition) is 4. The first-order chi connectivity index (χ1) is 13.3. The second-order valence-electron chi connectivity index (χ2n) is 7.19. The van der Waals surface area contributed by atoms with Gasteiger partial charge in [-0.1, -0.05) is 18.2 Å². The van der Waals surface area contributed by atoms with Crippen molar-refractivity contribution in [3.8, 4) is 0 Å². The van der Waals surface area contributed by atoms with Crippen molar-refractivity contribution < 1.29 is 4.42 Å². The van der Waals surface area contributed by atoms with Crippen LogP contribution in [0.3, 0.4) is 0 Å². The fraction of sp³-hybridized carbons (Fsp3) is 0.273. The molecule has 27 heavy (non-hydrogen) atoms. The van der Waals surface area contributed by atoms with Crippen LogP contribution < -0.4 is 10.6 Å². The highest BCUT2D eigenvalue weighted by Gasteiger charge is 2.33. The molecule has 0 amide bonds. The van der Waals surface area contributed by atoms with Gasteiger partial charge in [0.05, 0.1) is 23.2 Å². The third kappa shape index (κ3) is 2.89. The zero-order chi connectivity index (χ0) is 18.2. The number of fused-ring (bicyclic) bond motifs is 1. The van der Waals surface area contributed by atoms with E-state index in [4.69, 9.17) is 9.52 Å². The molecule has 2 aliphatic rings. The third-order valence-electron chi connectivity index (χ3n) is 5.45. The Morgan fingerprint density at radius 3 is 2.74 bits per heavy atom. The molecule has 5 heteroatoms. The maximum atomic E-state index is 12.7. The topological polar surface area (TPSA) is 61.6 Å². The second kappa shape index (κ2) is 6.58. The second-order valence-corrected chi connectivity index (χ2v) is 7.19. The number of aryl methyl sites for hydroxylation is 2. The lowest BCUT2D eigenvalue weighted by atomic mass is 9.93. The van der Waals surface area contributed by atoms with Crippen LogP contribution in [-0.2, 0) is 12.8 Å².